The minimum atomic E-state index is -0.935. The van der Waals surface area contributed by atoms with Gasteiger partial charge in [-0.25, -0.2) is 9.18 Å². The van der Waals surface area contributed by atoms with Gasteiger partial charge in [0.2, 0.25) is 0 Å². The molecule has 3 aromatic carbocycles. The fraction of sp³-hybridized carbons (Fsp3) is 0.200. The van der Waals surface area contributed by atoms with Gasteiger partial charge >= 0.3 is 6.09 Å². The standard InChI is InChI=1S/C25H22FN3O4/c26-18-6-3-5-17(15-18)16-29-20-8-1-2-10-22(20)33-23-19(24(29)30)7-4-9-21(23)27-11-13-28(14-12-27)25(31)32/h1-10,15H,11-14,16H2,(H,31,32). The monoisotopic (exact) mass is 447 g/mol. The predicted molar refractivity (Wildman–Crippen MR) is 122 cm³/mol. The summed E-state index contributed by atoms with van der Waals surface area (Å²) in [5, 5.41) is 9.24. The van der Waals surface area contributed by atoms with Gasteiger partial charge in [-0.3, -0.25) is 4.79 Å². The highest BCUT2D eigenvalue weighted by Crippen LogP contribution is 2.44. The van der Waals surface area contributed by atoms with Crippen molar-refractivity contribution in [3.05, 3.63) is 83.7 Å². The molecule has 2 aliphatic heterocycles. The Morgan fingerprint density at radius 3 is 2.42 bits per heavy atom. The van der Waals surface area contributed by atoms with Crippen molar-refractivity contribution in [2.45, 2.75) is 6.54 Å². The van der Waals surface area contributed by atoms with Crippen LogP contribution in [0.15, 0.2) is 66.7 Å². The number of para-hydroxylation sites is 3. The average Bonchev–Trinajstić information content (AvgIpc) is 2.94. The molecule has 0 radical (unpaired) electrons. The van der Waals surface area contributed by atoms with Crippen molar-refractivity contribution < 1.29 is 23.8 Å². The lowest BCUT2D eigenvalue weighted by atomic mass is 10.1. The third kappa shape index (κ3) is 3.95. The Morgan fingerprint density at radius 1 is 0.939 bits per heavy atom. The predicted octanol–water partition coefficient (Wildman–Crippen LogP) is 4.58. The van der Waals surface area contributed by atoms with E-state index >= 15 is 0 Å². The number of anilines is 2. The number of amides is 2. The zero-order valence-corrected chi connectivity index (χ0v) is 17.8. The van der Waals surface area contributed by atoms with Crippen LogP contribution in [-0.4, -0.2) is 48.2 Å². The van der Waals surface area contributed by atoms with Gasteiger partial charge in [0, 0.05) is 26.2 Å². The van der Waals surface area contributed by atoms with Gasteiger partial charge in [0.05, 0.1) is 23.5 Å². The van der Waals surface area contributed by atoms with E-state index in [1.165, 1.54) is 17.0 Å². The molecule has 0 bridgehead atoms. The lowest BCUT2D eigenvalue weighted by Gasteiger charge is -2.35. The number of benzene rings is 3. The molecule has 0 unspecified atom stereocenters. The largest absolute Gasteiger partial charge is 0.465 e. The first-order valence-electron chi connectivity index (χ1n) is 10.7. The summed E-state index contributed by atoms with van der Waals surface area (Å²) in [5.41, 5.74) is 2.42. The van der Waals surface area contributed by atoms with Gasteiger partial charge in [0.25, 0.3) is 5.91 Å². The lowest BCUT2D eigenvalue weighted by molar-refractivity contribution is 0.0985. The maximum Gasteiger partial charge on any atom is 0.407 e. The summed E-state index contributed by atoms with van der Waals surface area (Å²) in [7, 11) is 0. The first-order valence-corrected chi connectivity index (χ1v) is 10.7. The highest BCUT2D eigenvalue weighted by atomic mass is 19.1. The Kier molecular flexibility index (Phi) is 5.34. The molecule has 2 aliphatic rings. The van der Waals surface area contributed by atoms with Crippen LogP contribution in [0.3, 0.4) is 0 Å². The number of rotatable bonds is 3. The summed E-state index contributed by atoms with van der Waals surface area (Å²) < 4.78 is 20.1. The van der Waals surface area contributed by atoms with E-state index < -0.39 is 6.09 Å². The van der Waals surface area contributed by atoms with Crippen molar-refractivity contribution in [3.8, 4) is 11.5 Å². The first-order chi connectivity index (χ1) is 16.0. The highest BCUT2D eigenvalue weighted by Gasteiger charge is 2.32. The summed E-state index contributed by atoms with van der Waals surface area (Å²) >= 11 is 0. The summed E-state index contributed by atoms with van der Waals surface area (Å²) in [6.07, 6.45) is -0.935. The van der Waals surface area contributed by atoms with Crippen molar-refractivity contribution >= 4 is 23.4 Å². The maximum absolute atomic E-state index is 13.8. The molecule has 2 amide bonds. The quantitative estimate of drug-likeness (QED) is 0.636. The number of fused-ring (bicyclic) bond motifs is 2. The van der Waals surface area contributed by atoms with E-state index in [2.05, 4.69) is 0 Å². The molecule has 8 heteroatoms. The fourth-order valence-electron chi connectivity index (χ4n) is 4.29. The number of piperazine rings is 1. The minimum absolute atomic E-state index is 0.192. The first kappa shape index (κ1) is 20.8. The SMILES string of the molecule is O=C(O)N1CCN(c2cccc3c2Oc2ccccc2N(Cc2cccc(F)c2)C3=O)CC1. The van der Waals surface area contributed by atoms with Crippen LogP contribution in [0.2, 0.25) is 0 Å². The molecule has 33 heavy (non-hydrogen) atoms. The second-order valence-electron chi connectivity index (χ2n) is 8.00. The molecule has 5 rings (SSSR count). The zero-order valence-electron chi connectivity index (χ0n) is 17.8. The molecule has 0 aliphatic carbocycles. The van der Waals surface area contributed by atoms with Gasteiger partial charge in [0.1, 0.15) is 5.82 Å². The Hall–Kier alpha value is -4.07. The summed E-state index contributed by atoms with van der Waals surface area (Å²) in [4.78, 5) is 30.0. The van der Waals surface area contributed by atoms with E-state index in [1.807, 2.05) is 29.2 Å². The van der Waals surface area contributed by atoms with Gasteiger partial charge < -0.3 is 24.5 Å². The van der Waals surface area contributed by atoms with Crippen LogP contribution >= 0.6 is 0 Å². The van der Waals surface area contributed by atoms with Crippen molar-refractivity contribution in [2.24, 2.45) is 0 Å². The number of carbonyl (C=O) groups is 2. The molecule has 1 saturated heterocycles. The number of ether oxygens (including phenoxy) is 1. The lowest BCUT2D eigenvalue weighted by Crippen LogP contribution is -2.48. The second kappa shape index (κ2) is 8.46. The number of nitrogens with zero attached hydrogens (tertiary/aromatic N) is 3. The third-order valence-electron chi connectivity index (χ3n) is 5.96. The summed E-state index contributed by atoms with van der Waals surface area (Å²) in [6, 6.07) is 18.9. The van der Waals surface area contributed by atoms with Crippen molar-refractivity contribution in [1.82, 2.24) is 4.90 Å². The van der Waals surface area contributed by atoms with Crippen molar-refractivity contribution in [1.29, 1.82) is 0 Å². The molecule has 0 atom stereocenters. The van der Waals surface area contributed by atoms with Crippen LogP contribution in [0.5, 0.6) is 11.5 Å². The van der Waals surface area contributed by atoms with E-state index in [4.69, 9.17) is 4.74 Å². The molecular formula is C25H22FN3O4. The number of hydrogen-bond donors (Lipinski definition) is 1. The minimum Gasteiger partial charge on any atom is -0.465 e. The van der Waals surface area contributed by atoms with Crippen LogP contribution in [0.25, 0.3) is 0 Å². The topological polar surface area (TPSA) is 73.3 Å². The molecule has 2 heterocycles. The van der Waals surface area contributed by atoms with Gasteiger partial charge in [0.15, 0.2) is 11.5 Å². The molecule has 168 valence electrons. The van der Waals surface area contributed by atoms with Crippen LogP contribution < -0.4 is 14.5 Å². The molecule has 3 aromatic rings. The molecular weight excluding hydrogens is 425 g/mol. The van der Waals surface area contributed by atoms with Gasteiger partial charge in [-0.2, -0.15) is 0 Å². The molecule has 1 N–H and O–H groups in total. The summed E-state index contributed by atoms with van der Waals surface area (Å²) in [5.74, 6) is 0.367. The molecule has 0 aromatic heterocycles. The van der Waals surface area contributed by atoms with Crippen molar-refractivity contribution in [3.63, 3.8) is 0 Å². The van der Waals surface area contributed by atoms with Crippen LogP contribution in [0.4, 0.5) is 20.6 Å². The van der Waals surface area contributed by atoms with Gasteiger partial charge in [-0.15, -0.1) is 0 Å². The van der Waals surface area contributed by atoms with E-state index in [-0.39, 0.29) is 18.3 Å². The molecule has 0 spiro atoms. The summed E-state index contributed by atoms with van der Waals surface area (Å²) in [6.45, 7) is 1.92. The Labute approximate surface area is 190 Å². The number of carbonyl (C=O) groups excluding carboxylic acids is 1. The number of halogens is 1. The van der Waals surface area contributed by atoms with Crippen LogP contribution in [0, 0.1) is 5.82 Å². The molecule has 1 fully saturated rings. The normalized spacial score (nSPS) is 15.4. The van der Waals surface area contributed by atoms with E-state index in [0.29, 0.717) is 54.5 Å². The van der Waals surface area contributed by atoms with Gasteiger partial charge in [-0.05, 0) is 42.0 Å². The Morgan fingerprint density at radius 2 is 1.67 bits per heavy atom. The average molecular weight is 447 g/mol. The third-order valence-corrected chi connectivity index (χ3v) is 5.96. The Balaban J connectivity index is 1.54. The van der Waals surface area contributed by atoms with E-state index in [9.17, 15) is 19.1 Å². The molecule has 0 saturated carbocycles. The second-order valence-corrected chi connectivity index (χ2v) is 8.00. The fourth-order valence-corrected chi connectivity index (χ4v) is 4.29. The smallest absolute Gasteiger partial charge is 0.407 e. The highest BCUT2D eigenvalue weighted by molar-refractivity contribution is 6.10. The van der Waals surface area contributed by atoms with Crippen LogP contribution in [-0.2, 0) is 6.54 Å². The zero-order chi connectivity index (χ0) is 22.9. The maximum atomic E-state index is 13.8. The number of carboxylic acid groups (broad SMARTS) is 1. The van der Waals surface area contributed by atoms with Crippen molar-refractivity contribution in [2.75, 3.05) is 36.0 Å². The van der Waals surface area contributed by atoms with Gasteiger partial charge in [-0.1, -0.05) is 30.3 Å². The molecule has 7 nitrogen and oxygen atoms in total. The number of hydrogen-bond acceptors (Lipinski definition) is 4. The van der Waals surface area contributed by atoms with Crippen LogP contribution in [0.1, 0.15) is 15.9 Å². The Bertz CT molecular complexity index is 1220. The van der Waals surface area contributed by atoms with E-state index in [1.54, 1.807) is 35.2 Å². The van der Waals surface area contributed by atoms with E-state index in [0.717, 1.165) is 5.69 Å².